The number of benzene rings is 1. The zero-order chi connectivity index (χ0) is 19.1. The number of oxazole rings is 1. The predicted molar refractivity (Wildman–Crippen MR) is 109 cm³/mol. The molecule has 1 aliphatic carbocycles. The van der Waals surface area contributed by atoms with Crippen molar-refractivity contribution in [3.63, 3.8) is 0 Å². The first-order valence-corrected chi connectivity index (χ1v) is 10.9. The van der Waals surface area contributed by atoms with Gasteiger partial charge in [0, 0.05) is 31.3 Å². The highest BCUT2D eigenvalue weighted by molar-refractivity contribution is 7.99. The molecule has 3 aromatic rings. The second-order valence-electron chi connectivity index (χ2n) is 7.99. The van der Waals surface area contributed by atoms with E-state index in [-0.39, 0.29) is 0 Å². The predicted octanol–water partition coefficient (Wildman–Crippen LogP) is 3.53. The summed E-state index contributed by atoms with van der Waals surface area (Å²) in [7, 11) is 1.98. The summed E-state index contributed by atoms with van der Waals surface area (Å²) in [5.74, 6) is 3.33. The molecule has 2 aliphatic rings. The second-order valence-corrected chi connectivity index (χ2v) is 9.05. The Kier molecular flexibility index (Phi) is 4.51. The van der Waals surface area contributed by atoms with Gasteiger partial charge in [0.15, 0.2) is 17.3 Å². The average molecular weight is 396 g/mol. The van der Waals surface area contributed by atoms with Crippen molar-refractivity contribution in [2.45, 2.75) is 30.3 Å². The van der Waals surface area contributed by atoms with E-state index < -0.39 is 0 Å². The molecule has 1 saturated heterocycles. The fraction of sp³-hybridized carbons (Fsp3) is 0.476. The van der Waals surface area contributed by atoms with Crippen LogP contribution in [0, 0.1) is 12.8 Å². The van der Waals surface area contributed by atoms with Gasteiger partial charge < -0.3 is 13.9 Å². The number of hydrogen-bond donors (Lipinski definition) is 0. The zero-order valence-electron chi connectivity index (χ0n) is 16.3. The van der Waals surface area contributed by atoms with E-state index in [1.54, 1.807) is 11.8 Å². The van der Waals surface area contributed by atoms with Crippen molar-refractivity contribution in [1.29, 1.82) is 0 Å². The summed E-state index contributed by atoms with van der Waals surface area (Å²) >= 11 is 1.76. The van der Waals surface area contributed by atoms with E-state index >= 15 is 0 Å². The van der Waals surface area contributed by atoms with Gasteiger partial charge in [-0.1, -0.05) is 42.1 Å². The first-order chi connectivity index (χ1) is 13.7. The van der Waals surface area contributed by atoms with Crippen LogP contribution >= 0.6 is 11.8 Å². The fourth-order valence-electron chi connectivity index (χ4n) is 4.58. The number of aryl methyl sites for hydroxylation is 1. The minimum atomic E-state index is 0.446. The van der Waals surface area contributed by atoms with Crippen LogP contribution in [0.3, 0.4) is 0 Å². The Hall–Kier alpha value is -2.12. The van der Waals surface area contributed by atoms with Crippen LogP contribution in [0.2, 0.25) is 0 Å². The van der Waals surface area contributed by atoms with Gasteiger partial charge in [-0.05, 0) is 37.8 Å². The first-order valence-electron chi connectivity index (χ1n) is 9.88. The van der Waals surface area contributed by atoms with Gasteiger partial charge in [-0.25, -0.2) is 4.98 Å². The van der Waals surface area contributed by atoms with Gasteiger partial charge in [0.05, 0.1) is 5.69 Å². The first kappa shape index (κ1) is 17.9. The van der Waals surface area contributed by atoms with Crippen molar-refractivity contribution in [1.82, 2.24) is 24.6 Å². The average Bonchev–Trinajstić information content (AvgIpc) is 3.02. The molecule has 2 atom stereocenters. The van der Waals surface area contributed by atoms with E-state index in [4.69, 9.17) is 4.42 Å². The summed E-state index contributed by atoms with van der Waals surface area (Å²) in [6.07, 6.45) is 3.98. The summed E-state index contributed by atoms with van der Waals surface area (Å²) in [4.78, 5) is 6.78. The SMILES string of the molecule is Cc1ncoc1-c1nnc(SCCCN2CC3CC3(c3ccccc3)C2)n1C. The van der Waals surface area contributed by atoms with Crippen molar-refractivity contribution in [2.75, 3.05) is 25.4 Å². The summed E-state index contributed by atoms with van der Waals surface area (Å²) < 4.78 is 7.44. The van der Waals surface area contributed by atoms with Gasteiger partial charge in [-0.2, -0.15) is 0 Å². The molecule has 7 heteroatoms. The molecule has 0 spiro atoms. The van der Waals surface area contributed by atoms with E-state index in [1.807, 2.05) is 18.5 Å². The number of hydrogen-bond acceptors (Lipinski definition) is 6. The Bertz CT molecular complexity index is 968. The maximum Gasteiger partial charge on any atom is 0.202 e. The van der Waals surface area contributed by atoms with Crippen LogP contribution < -0.4 is 0 Å². The molecule has 2 fully saturated rings. The maximum atomic E-state index is 5.45. The lowest BCUT2D eigenvalue weighted by Crippen LogP contribution is -2.27. The Labute approximate surface area is 169 Å². The molecule has 2 aromatic heterocycles. The minimum Gasteiger partial charge on any atom is -0.440 e. The van der Waals surface area contributed by atoms with Crippen LogP contribution in [0.5, 0.6) is 0 Å². The number of rotatable bonds is 7. The summed E-state index contributed by atoms with van der Waals surface area (Å²) in [6, 6.07) is 11.1. The number of piperidine rings is 1. The molecule has 1 aromatic carbocycles. The van der Waals surface area contributed by atoms with Gasteiger partial charge in [0.25, 0.3) is 0 Å². The standard InChI is InChI=1S/C21H25N5OS/c1-15-18(27-14-22-15)19-23-24-20(25(19)2)28-10-6-9-26-12-17-11-21(17,13-26)16-7-4-3-5-8-16/h3-5,7-8,14,17H,6,9-13H2,1-2H3. The van der Waals surface area contributed by atoms with Gasteiger partial charge >= 0.3 is 0 Å². The van der Waals surface area contributed by atoms with Gasteiger partial charge in [-0.3, -0.25) is 0 Å². The fourth-order valence-corrected chi connectivity index (χ4v) is 5.42. The molecule has 0 N–H and O–H groups in total. The van der Waals surface area contributed by atoms with Gasteiger partial charge in [0.2, 0.25) is 5.82 Å². The molecule has 1 saturated carbocycles. The van der Waals surface area contributed by atoms with Crippen molar-refractivity contribution in [3.05, 3.63) is 48.0 Å². The highest BCUT2D eigenvalue weighted by atomic mass is 32.2. The van der Waals surface area contributed by atoms with Crippen molar-refractivity contribution < 1.29 is 4.42 Å². The highest BCUT2D eigenvalue weighted by Gasteiger charge is 2.60. The lowest BCUT2D eigenvalue weighted by atomic mass is 9.95. The van der Waals surface area contributed by atoms with Crippen molar-refractivity contribution in [3.8, 4) is 11.6 Å². The molecule has 5 rings (SSSR count). The molecule has 0 radical (unpaired) electrons. The highest BCUT2D eigenvalue weighted by Crippen LogP contribution is 2.58. The molecule has 2 unspecified atom stereocenters. The molecule has 146 valence electrons. The Morgan fingerprint density at radius 1 is 1.25 bits per heavy atom. The maximum absolute atomic E-state index is 5.45. The Morgan fingerprint density at radius 3 is 2.89 bits per heavy atom. The normalized spacial score (nSPS) is 23.9. The van der Waals surface area contributed by atoms with Crippen LogP contribution in [0.15, 0.2) is 46.3 Å². The molecule has 0 amide bonds. The minimum absolute atomic E-state index is 0.446. The van der Waals surface area contributed by atoms with Crippen LogP contribution in [-0.2, 0) is 12.5 Å². The monoisotopic (exact) mass is 395 g/mol. The van der Waals surface area contributed by atoms with E-state index in [1.165, 1.54) is 31.5 Å². The Morgan fingerprint density at radius 2 is 2.11 bits per heavy atom. The summed E-state index contributed by atoms with van der Waals surface area (Å²) in [5, 5.41) is 9.53. The smallest absolute Gasteiger partial charge is 0.202 e. The van der Waals surface area contributed by atoms with Crippen LogP contribution in [0.1, 0.15) is 24.1 Å². The molecule has 28 heavy (non-hydrogen) atoms. The third-order valence-corrected chi connectivity index (χ3v) is 7.30. The Balaban J connectivity index is 1.13. The molecule has 6 nitrogen and oxygen atoms in total. The lowest BCUT2D eigenvalue weighted by Gasteiger charge is -2.20. The van der Waals surface area contributed by atoms with E-state index in [0.29, 0.717) is 11.2 Å². The third-order valence-electron chi connectivity index (χ3n) is 6.20. The second kappa shape index (κ2) is 7.04. The molecular weight excluding hydrogens is 370 g/mol. The number of fused-ring (bicyclic) bond motifs is 1. The van der Waals surface area contributed by atoms with Crippen LogP contribution in [0.4, 0.5) is 0 Å². The zero-order valence-corrected chi connectivity index (χ0v) is 17.2. The third kappa shape index (κ3) is 3.06. The van der Waals surface area contributed by atoms with E-state index in [2.05, 4.69) is 50.4 Å². The number of aromatic nitrogens is 4. The molecule has 0 bridgehead atoms. The summed E-state index contributed by atoms with van der Waals surface area (Å²) in [6.45, 7) is 5.54. The van der Waals surface area contributed by atoms with Crippen molar-refractivity contribution in [2.24, 2.45) is 13.0 Å². The number of likely N-dealkylation sites (tertiary alicyclic amines) is 1. The van der Waals surface area contributed by atoms with Gasteiger partial charge in [-0.15, -0.1) is 10.2 Å². The van der Waals surface area contributed by atoms with E-state index in [0.717, 1.165) is 41.3 Å². The molecule has 3 heterocycles. The number of thioether (sulfide) groups is 1. The van der Waals surface area contributed by atoms with Crippen LogP contribution in [-0.4, -0.2) is 50.0 Å². The largest absolute Gasteiger partial charge is 0.440 e. The number of nitrogens with zero attached hydrogens (tertiary/aromatic N) is 5. The van der Waals surface area contributed by atoms with Crippen molar-refractivity contribution >= 4 is 11.8 Å². The quantitative estimate of drug-likeness (QED) is 0.450. The molecular formula is C21H25N5OS. The van der Waals surface area contributed by atoms with Gasteiger partial charge in [0.1, 0.15) is 0 Å². The summed E-state index contributed by atoms with van der Waals surface area (Å²) in [5.41, 5.74) is 2.82. The van der Waals surface area contributed by atoms with E-state index in [9.17, 15) is 0 Å². The molecule has 1 aliphatic heterocycles. The van der Waals surface area contributed by atoms with Crippen LogP contribution in [0.25, 0.3) is 11.6 Å². The topological polar surface area (TPSA) is 60.0 Å². The lowest BCUT2D eigenvalue weighted by molar-refractivity contribution is 0.299.